The van der Waals surface area contributed by atoms with E-state index in [2.05, 4.69) is 4.72 Å². The van der Waals surface area contributed by atoms with Gasteiger partial charge in [-0.1, -0.05) is 36.4 Å². The van der Waals surface area contributed by atoms with Gasteiger partial charge in [0.1, 0.15) is 0 Å². The van der Waals surface area contributed by atoms with Crippen molar-refractivity contribution < 1.29 is 8.42 Å². The molecule has 0 unspecified atom stereocenters. The van der Waals surface area contributed by atoms with Gasteiger partial charge >= 0.3 is 0 Å². The number of fused-ring (bicyclic) bond motifs is 1. The number of sulfonamides is 1. The molecule has 0 aliphatic rings. The van der Waals surface area contributed by atoms with Crippen LogP contribution in [0.1, 0.15) is 5.56 Å². The van der Waals surface area contributed by atoms with Gasteiger partial charge < -0.3 is 0 Å². The molecule has 0 aromatic heterocycles. The molecule has 2 aromatic carbocycles. The second-order valence-corrected chi connectivity index (χ2v) is 5.61. The summed E-state index contributed by atoms with van der Waals surface area (Å²) in [4.78, 5) is 0. The van der Waals surface area contributed by atoms with Gasteiger partial charge in [-0.15, -0.1) is 0 Å². The predicted octanol–water partition coefficient (Wildman–Crippen LogP) is 1.89. The summed E-state index contributed by atoms with van der Waals surface area (Å²) in [6, 6.07) is 13.9. The monoisotopic (exact) mass is 235 g/mol. The zero-order chi connectivity index (χ0) is 11.6. The summed E-state index contributed by atoms with van der Waals surface area (Å²) in [6.07, 6.45) is 1.16. The quantitative estimate of drug-likeness (QED) is 0.883. The molecule has 0 atom stereocenters. The molecule has 84 valence electrons. The second-order valence-electron chi connectivity index (χ2n) is 3.77. The van der Waals surface area contributed by atoms with Gasteiger partial charge in [-0.3, -0.25) is 0 Å². The molecule has 2 rings (SSSR count). The molecule has 0 amide bonds. The first-order chi connectivity index (χ1) is 7.54. The molecular formula is C12H13NO2S. The Balaban J connectivity index is 2.26. The first-order valence-electron chi connectivity index (χ1n) is 4.97. The van der Waals surface area contributed by atoms with Gasteiger partial charge in [0.15, 0.2) is 0 Å². The lowest BCUT2D eigenvalue weighted by Crippen LogP contribution is -2.21. The average molecular weight is 235 g/mol. The predicted molar refractivity (Wildman–Crippen MR) is 65.6 cm³/mol. The van der Waals surface area contributed by atoms with Crippen molar-refractivity contribution in [3.05, 3.63) is 48.0 Å². The first kappa shape index (κ1) is 11.1. The van der Waals surface area contributed by atoms with Crippen LogP contribution in [0.5, 0.6) is 0 Å². The summed E-state index contributed by atoms with van der Waals surface area (Å²) in [5.74, 6) is 0. The fourth-order valence-electron chi connectivity index (χ4n) is 1.56. The minimum absolute atomic E-state index is 0.337. The van der Waals surface area contributed by atoms with Gasteiger partial charge in [0, 0.05) is 6.54 Å². The normalized spacial score (nSPS) is 11.8. The van der Waals surface area contributed by atoms with Crippen molar-refractivity contribution in [2.45, 2.75) is 6.54 Å². The van der Waals surface area contributed by atoms with Crippen LogP contribution in [0.3, 0.4) is 0 Å². The molecule has 0 saturated heterocycles. The fourth-order valence-corrected chi connectivity index (χ4v) is 1.99. The van der Waals surface area contributed by atoms with Gasteiger partial charge in [0.05, 0.1) is 6.26 Å². The third-order valence-electron chi connectivity index (χ3n) is 2.35. The number of hydrogen-bond donors (Lipinski definition) is 1. The van der Waals surface area contributed by atoms with E-state index in [0.29, 0.717) is 6.54 Å². The number of nitrogens with one attached hydrogen (secondary N) is 1. The topological polar surface area (TPSA) is 46.2 Å². The summed E-state index contributed by atoms with van der Waals surface area (Å²) < 4.78 is 24.4. The molecule has 16 heavy (non-hydrogen) atoms. The van der Waals surface area contributed by atoms with E-state index in [-0.39, 0.29) is 0 Å². The molecule has 2 aromatic rings. The molecule has 0 fully saturated rings. The summed E-state index contributed by atoms with van der Waals surface area (Å²) >= 11 is 0. The van der Waals surface area contributed by atoms with Crippen molar-refractivity contribution in [1.82, 2.24) is 4.72 Å². The maximum absolute atomic E-state index is 11.0. The minimum atomic E-state index is -3.13. The minimum Gasteiger partial charge on any atom is -0.213 e. The van der Waals surface area contributed by atoms with Crippen LogP contribution in [0.4, 0.5) is 0 Å². The van der Waals surface area contributed by atoms with Crippen LogP contribution in [0.25, 0.3) is 10.8 Å². The number of hydrogen-bond acceptors (Lipinski definition) is 2. The van der Waals surface area contributed by atoms with Crippen molar-refractivity contribution in [3.63, 3.8) is 0 Å². The Morgan fingerprint density at radius 1 is 1.06 bits per heavy atom. The molecule has 0 aliphatic carbocycles. The maximum atomic E-state index is 11.0. The second kappa shape index (κ2) is 4.23. The Labute approximate surface area is 95.2 Å². The lowest BCUT2D eigenvalue weighted by atomic mass is 10.1. The molecule has 0 saturated carbocycles. The van der Waals surface area contributed by atoms with E-state index in [1.807, 2.05) is 42.5 Å². The van der Waals surface area contributed by atoms with Gasteiger partial charge in [0.25, 0.3) is 0 Å². The molecule has 0 bridgehead atoms. The van der Waals surface area contributed by atoms with Gasteiger partial charge in [-0.25, -0.2) is 13.1 Å². The Bertz CT molecular complexity index is 605. The fraction of sp³-hybridized carbons (Fsp3) is 0.167. The smallest absolute Gasteiger partial charge is 0.209 e. The van der Waals surface area contributed by atoms with E-state index in [0.717, 1.165) is 22.6 Å². The van der Waals surface area contributed by atoms with Crippen LogP contribution in [-0.4, -0.2) is 14.7 Å². The van der Waals surface area contributed by atoms with Crippen molar-refractivity contribution in [2.75, 3.05) is 6.26 Å². The van der Waals surface area contributed by atoms with Gasteiger partial charge in [-0.05, 0) is 22.4 Å². The summed E-state index contributed by atoms with van der Waals surface area (Å²) in [6.45, 7) is 0.337. The van der Waals surface area contributed by atoms with Crippen LogP contribution in [0.15, 0.2) is 42.5 Å². The Kier molecular flexibility index (Phi) is 2.94. The van der Waals surface area contributed by atoms with Crippen molar-refractivity contribution in [2.24, 2.45) is 0 Å². The summed E-state index contributed by atoms with van der Waals surface area (Å²) in [5.41, 5.74) is 0.962. The summed E-state index contributed by atoms with van der Waals surface area (Å²) in [7, 11) is -3.13. The lowest BCUT2D eigenvalue weighted by molar-refractivity contribution is 0.587. The van der Waals surface area contributed by atoms with Crippen LogP contribution in [0.2, 0.25) is 0 Å². The Hall–Kier alpha value is -1.39. The number of rotatable bonds is 3. The van der Waals surface area contributed by atoms with E-state index in [4.69, 9.17) is 0 Å². The molecule has 3 nitrogen and oxygen atoms in total. The largest absolute Gasteiger partial charge is 0.213 e. The molecule has 0 heterocycles. The van der Waals surface area contributed by atoms with Crippen molar-refractivity contribution in [3.8, 4) is 0 Å². The highest BCUT2D eigenvalue weighted by molar-refractivity contribution is 7.88. The van der Waals surface area contributed by atoms with E-state index in [1.54, 1.807) is 0 Å². The summed E-state index contributed by atoms with van der Waals surface area (Å²) in [5, 5.41) is 2.28. The lowest BCUT2D eigenvalue weighted by Gasteiger charge is -2.04. The molecule has 4 heteroatoms. The highest BCUT2D eigenvalue weighted by Gasteiger charge is 2.01. The van der Waals surface area contributed by atoms with E-state index < -0.39 is 10.0 Å². The van der Waals surface area contributed by atoms with Crippen LogP contribution < -0.4 is 4.72 Å². The first-order valence-corrected chi connectivity index (χ1v) is 6.86. The molecule has 0 radical (unpaired) electrons. The number of benzene rings is 2. The van der Waals surface area contributed by atoms with Gasteiger partial charge in [-0.2, -0.15) is 0 Å². The van der Waals surface area contributed by atoms with E-state index in [1.165, 1.54) is 0 Å². The van der Waals surface area contributed by atoms with E-state index >= 15 is 0 Å². The standard InChI is InChI=1S/C12H13NO2S/c1-16(14,15)13-9-10-6-7-11-4-2-3-5-12(11)8-10/h2-8,13H,9H2,1H3. The van der Waals surface area contributed by atoms with Crippen LogP contribution >= 0.6 is 0 Å². The Morgan fingerprint density at radius 3 is 2.44 bits per heavy atom. The van der Waals surface area contributed by atoms with Crippen LogP contribution in [-0.2, 0) is 16.6 Å². The van der Waals surface area contributed by atoms with Crippen LogP contribution in [0, 0.1) is 0 Å². The third-order valence-corrected chi connectivity index (χ3v) is 3.02. The molecule has 1 N–H and O–H groups in total. The average Bonchev–Trinajstić information content (AvgIpc) is 2.25. The molecular weight excluding hydrogens is 222 g/mol. The molecule has 0 spiro atoms. The zero-order valence-corrected chi connectivity index (χ0v) is 9.79. The van der Waals surface area contributed by atoms with Gasteiger partial charge in [0.2, 0.25) is 10.0 Å². The maximum Gasteiger partial charge on any atom is 0.209 e. The third kappa shape index (κ3) is 2.81. The highest BCUT2D eigenvalue weighted by atomic mass is 32.2. The zero-order valence-electron chi connectivity index (χ0n) is 8.97. The SMILES string of the molecule is CS(=O)(=O)NCc1ccc2ccccc2c1. The molecule has 0 aliphatic heterocycles. The Morgan fingerprint density at radius 2 is 1.75 bits per heavy atom. The van der Waals surface area contributed by atoms with Crippen molar-refractivity contribution >= 4 is 20.8 Å². The van der Waals surface area contributed by atoms with Crippen molar-refractivity contribution in [1.29, 1.82) is 0 Å². The van der Waals surface area contributed by atoms with E-state index in [9.17, 15) is 8.42 Å². The highest BCUT2D eigenvalue weighted by Crippen LogP contribution is 2.15.